The van der Waals surface area contributed by atoms with Gasteiger partial charge in [0.1, 0.15) is 17.4 Å². The number of nitrogens with two attached hydrogens (primary N) is 1. The number of carboxylic acid groups (broad SMARTS) is 1. The molecule has 2 heterocycles. The molecule has 2 atom stereocenters. The summed E-state index contributed by atoms with van der Waals surface area (Å²) < 4.78 is 11.1. The van der Waals surface area contributed by atoms with Crippen molar-refractivity contribution < 1.29 is 29.3 Å². The molecule has 0 aromatic heterocycles. The van der Waals surface area contributed by atoms with Crippen LogP contribution in [0.15, 0.2) is 12.1 Å². The van der Waals surface area contributed by atoms with E-state index in [9.17, 15) is 19.9 Å². The molecule has 8 nitrogen and oxygen atoms in total. The number of nitrogens with zero attached hydrogens (tertiary/aromatic N) is 1. The molecule has 9 heteroatoms. The average molecular weight is 335 g/mol. The molecule has 0 spiro atoms. The van der Waals surface area contributed by atoms with Crippen LogP contribution in [0.1, 0.15) is 28.3 Å². The summed E-state index contributed by atoms with van der Waals surface area (Å²) in [7, 11) is 0. The van der Waals surface area contributed by atoms with Crippen molar-refractivity contribution in [3.63, 3.8) is 0 Å². The number of rotatable bonds is 5. The Morgan fingerprint density at radius 2 is 2.17 bits per heavy atom. The quantitative estimate of drug-likeness (QED) is 0.535. The Hall–Kier alpha value is -1.81. The Kier molecular flexibility index (Phi) is 3.50. The molecule has 1 saturated heterocycles. The van der Waals surface area contributed by atoms with E-state index in [2.05, 4.69) is 4.90 Å². The zero-order valence-corrected chi connectivity index (χ0v) is 13.1. The lowest BCUT2D eigenvalue weighted by Crippen LogP contribution is -2.55. The molecule has 0 radical (unpaired) electrons. The molecule has 1 aromatic carbocycles. The molecule has 130 valence electrons. The Balaban J connectivity index is 1.61. The number of carbonyl (C=O) groups is 1. The van der Waals surface area contributed by atoms with Gasteiger partial charge < -0.3 is 30.3 Å². The Morgan fingerprint density at radius 3 is 2.83 bits per heavy atom. The third kappa shape index (κ3) is 2.44. The molecule has 2 fully saturated rings. The number of benzene rings is 1. The minimum atomic E-state index is -3.02. The van der Waals surface area contributed by atoms with Crippen molar-refractivity contribution >= 4 is 12.7 Å². The fraction of sp³-hybridized carbons (Fsp3) is 0.533. The number of carboxylic acids is 1. The molecule has 0 bridgehead atoms. The van der Waals surface area contributed by atoms with Crippen molar-refractivity contribution in [1.82, 2.24) is 4.90 Å². The largest absolute Gasteiger partial charge is 0.669 e. The lowest BCUT2D eigenvalue weighted by Gasteiger charge is -2.40. The summed E-state index contributed by atoms with van der Waals surface area (Å²) in [6.45, 7) is -0.296. The summed E-state index contributed by atoms with van der Waals surface area (Å²) in [5, 5.41) is 29.6. The summed E-state index contributed by atoms with van der Waals surface area (Å²) in [6, 6.07) is 3.41. The number of ether oxygens (including phenoxy) is 1. The fourth-order valence-electron chi connectivity index (χ4n) is 3.76. The SMILES string of the molecule is NCCN1CC(Oc2ccc3c(c2C(=O)O)O[B-](O)(O)[C@@H]2CC32)C1. The highest BCUT2D eigenvalue weighted by molar-refractivity contribution is 6.62. The molecule has 1 aliphatic carbocycles. The smallest absolute Gasteiger partial charge is 0.434 e. The van der Waals surface area contributed by atoms with E-state index in [4.69, 9.17) is 15.1 Å². The van der Waals surface area contributed by atoms with Gasteiger partial charge in [0.05, 0.1) is 5.75 Å². The van der Waals surface area contributed by atoms with Gasteiger partial charge in [0.15, 0.2) is 0 Å². The Bertz CT molecular complexity index is 691. The van der Waals surface area contributed by atoms with Crippen molar-refractivity contribution in [2.45, 2.75) is 24.3 Å². The van der Waals surface area contributed by atoms with Crippen LogP contribution in [0.3, 0.4) is 0 Å². The van der Waals surface area contributed by atoms with E-state index in [0.29, 0.717) is 31.6 Å². The maximum atomic E-state index is 11.7. The first-order valence-electron chi connectivity index (χ1n) is 8.18. The lowest BCUT2D eigenvalue weighted by molar-refractivity contribution is 0.0210. The first-order valence-corrected chi connectivity index (χ1v) is 8.18. The normalized spacial score (nSPS) is 27.5. The third-order valence-corrected chi connectivity index (χ3v) is 5.11. The van der Waals surface area contributed by atoms with Crippen molar-refractivity contribution in [2.75, 3.05) is 26.2 Å². The van der Waals surface area contributed by atoms with E-state index >= 15 is 0 Å². The van der Waals surface area contributed by atoms with E-state index < -0.39 is 12.7 Å². The van der Waals surface area contributed by atoms with Gasteiger partial charge in [0.25, 0.3) is 0 Å². The number of likely N-dealkylation sites (tertiary alicyclic amines) is 1. The first-order chi connectivity index (χ1) is 11.4. The van der Waals surface area contributed by atoms with Crippen LogP contribution in [-0.2, 0) is 0 Å². The number of hydrogen-bond acceptors (Lipinski definition) is 7. The summed E-state index contributed by atoms with van der Waals surface area (Å²) in [6.07, 6.45) is 0.485. The van der Waals surface area contributed by atoms with E-state index in [-0.39, 0.29) is 34.9 Å². The highest BCUT2D eigenvalue weighted by Crippen LogP contribution is 2.63. The predicted molar refractivity (Wildman–Crippen MR) is 85.2 cm³/mol. The highest BCUT2D eigenvalue weighted by atomic mass is 16.6. The average Bonchev–Trinajstić information content (AvgIpc) is 3.25. The molecule has 1 aromatic rings. The van der Waals surface area contributed by atoms with Crippen LogP contribution in [0.2, 0.25) is 5.82 Å². The first kappa shape index (κ1) is 15.7. The van der Waals surface area contributed by atoms with Crippen LogP contribution >= 0.6 is 0 Å². The molecule has 4 rings (SSSR count). The summed E-state index contributed by atoms with van der Waals surface area (Å²) in [5.74, 6) is -1.38. The van der Waals surface area contributed by atoms with Crippen molar-refractivity contribution in [3.05, 3.63) is 23.3 Å². The maximum Gasteiger partial charge on any atom is 0.434 e. The van der Waals surface area contributed by atoms with E-state index in [0.717, 1.165) is 6.54 Å². The second-order valence-corrected chi connectivity index (χ2v) is 6.83. The summed E-state index contributed by atoms with van der Waals surface area (Å²) >= 11 is 0. The second-order valence-electron chi connectivity index (χ2n) is 6.83. The highest BCUT2D eigenvalue weighted by Gasteiger charge is 2.55. The van der Waals surface area contributed by atoms with E-state index in [1.54, 1.807) is 12.1 Å². The van der Waals surface area contributed by atoms with Gasteiger partial charge in [0, 0.05) is 26.2 Å². The fourth-order valence-corrected chi connectivity index (χ4v) is 3.76. The molecule has 0 amide bonds. The van der Waals surface area contributed by atoms with Gasteiger partial charge in [-0.15, -0.1) is 0 Å². The molecule has 2 aliphatic heterocycles. The molecule has 24 heavy (non-hydrogen) atoms. The summed E-state index contributed by atoms with van der Waals surface area (Å²) in [4.78, 5) is 13.9. The number of aromatic carboxylic acids is 1. The third-order valence-electron chi connectivity index (χ3n) is 5.11. The molecular weight excluding hydrogens is 315 g/mol. The Morgan fingerprint density at radius 1 is 1.42 bits per heavy atom. The van der Waals surface area contributed by atoms with Crippen LogP contribution in [0, 0.1) is 0 Å². The van der Waals surface area contributed by atoms with Gasteiger partial charge >= 0.3 is 12.7 Å². The van der Waals surface area contributed by atoms with Gasteiger partial charge in [0.2, 0.25) is 0 Å². The Labute approximate surface area is 138 Å². The van der Waals surface area contributed by atoms with Crippen LogP contribution in [0.5, 0.6) is 11.5 Å². The van der Waals surface area contributed by atoms with Gasteiger partial charge in [-0.05, 0) is 17.5 Å². The van der Waals surface area contributed by atoms with Gasteiger partial charge in [-0.25, -0.2) is 4.79 Å². The van der Waals surface area contributed by atoms with Gasteiger partial charge in [-0.1, -0.05) is 18.3 Å². The predicted octanol–water partition coefficient (Wildman–Crippen LogP) is -0.420. The molecule has 1 unspecified atom stereocenters. The van der Waals surface area contributed by atoms with Crippen LogP contribution < -0.4 is 15.1 Å². The number of hydrogen-bond donors (Lipinski definition) is 4. The molecular formula is C15H20BN2O6-. The topological polar surface area (TPSA) is 125 Å². The second kappa shape index (κ2) is 5.35. The van der Waals surface area contributed by atoms with Crippen molar-refractivity contribution in [3.8, 4) is 11.5 Å². The van der Waals surface area contributed by atoms with Crippen molar-refractivity contribution in [1.29, 1.82) is 0 Å². The van der Waals surface area contributed by atoms with Crippen LogP contribution in [-0.4, -0.2) is 65.1 Å². The molecule has 5 N–H and O–H groups in total. The molecule has 3 aliphatic rings. The minimum Gasteiger partial charge on any atom is -0.669 e. The van der Waals surface area contributed by atoms with Crippen LogP contribution in [0.25, 0.3) is 0 Å². The van der Waals surface area contributed by atoms with E-state index in [1.807, 2.05) is 0 Å². The van der Waals surface area contributed by atoms with E-state index in [1.165, 1.54) is 0 Å². The lowest BCUT2D eigenvalue weighted by atomic mass is 9.68. The maximum absolute atomic E-state index is 11.7. The summed E-state index contributed by atoms with van der Waals surface area (Å²) in [5.41, 5.74) is 6.07. The van der Waals surface area contributed by atoms with Gasteiger partial charge in [-0.3, -0.25) is 4.90 Å². The minimum absolute atomic E-state index is 0.0295. The van der Waals surface area contributed by atoms with Gasteiger partial charge in [-0.2, -0.15) is 0 Å². The zero-order valence-electron chi connectivity index (χ0n) is 13.1. The van der Waals surface area contributed by atoms with Crippen LogP contribution in [0.4, 0.5) is 0 Å². The zero-order chi connectivity index (χ0) is 17.1. The monoisotopic (exact) mass is 335 g/mol. The standard InChI is InChI=1S/C15H20BN2O6/c17-3-4-18-6-8(7-18)23-12-2-1-9-10-5-11(10)16(21,22)24-14(9)13(12)15(19)20/h1-2,8,10-11,21-22H,3-7,17H2,(H,19,20)/q-1/t10?,11-/m1/s1. The van der Waals surface area contributed by atoms with Crippen molar-refractivity contribution in [2.24, 2.45) is 5.73 Å². The number of fused-ring (bicyclic) bond motifs is 3. The molecule has 1 saturated carbocycles.